The van der Waals surface area contributed by atoms with Crippen molar-refractivity contribution in [2.45, 2.75) is 12.8 Å². The summed E-state index contributed by atoms with van der Waals surface area (Å²) in [6.45, 7) is 4.07. The van der Waals surface area contributed by atoms with E-state index < -0.39 is 7.37 Å². The van der Waals surface area contributed by atoms with Crippen LogP contribution in [-0.2, 0) is 9.09 Å². The van der Waals surface area contributed by atoms with Crippen LogP contribution in [0, 0.1) is 5.92 Å². The largest absolute Gasteiger partial charge is 0.493 e. The number of anilines is 2. The van der Waals surface area contributed by atoms with E-state index in [-0.39, 0.29) is 0 Å². The Morgan fingerprint density at radius 2 is 1.94 bits per heavy atom. The molecule has 1 fully saturated rings. The summed E-state index contributed by atoms with van der Waals surface area (Å²) in [6.07, 6.45) is 4.03. The van der Waals surface area contributed by atoms with Gasteiger partial charge in [-0.3, -0.25) is 9.46 Å². The molecule has 0 amide bonds. The number of methoxy groups -OCH3 is 1. The van der Waals surface area contributed by atoms with Crippen LogP contribution in [-0.4, -0.2) is 61.7 Å². The maximum absolute atomic E-state index is 12.2. The zero-order valence-corrected chi connectivity index (χ0v) is 22.1. The van der Waals surface area contributed by atoms with E-state index in [4.69, 9.17) is 14.0 Å². The fourth-order valence-corrected chi connectivity index (χ4v) is 5.59. The Morgan fingerprint density at radius 3 is 2.65 bits per heavy atom. The van der Waals surface area contributed by atoms with Gasteiger partial charge in [-0.05, 0) is 56.1 Å². The molecule has 0 bridgehead atoms. The lowest BCUT2D eigenvalue weighted by Crippen LogP contribution is -2.36. The molecule has 1 aliphatic rings. The van der Waals surface area contributed by atoms with Crippen LogP contribution in [0.25, 0.3) is 10.9 Å². The minimum Gasteiger partial charge on any atom is -0.493 e. The first-order valence-electron chi connectivity index (χ1n) is 11.2. The van der Waals surface area contributed by atoms with Crippen LogP contribution in [0.1, 0.15) is 12.8 Å². The molecule has 1 N–H and O–H groups in total. The van der Waals surface area contributed by atoms with Gasteiger partial charge < -0.3 is 19.3 Å². The predicted octanol–water partition coefficient (Wildman–Crippen LogP) is 5.75. The summed E-state index contributed by atoms with van der Waals surface area (Å²) in [5, 5.41) is 4.20. The molecule has 1 unspecified atom stereocenters. The van der Waals surface area contributed by atoms with Crippen LogP contribution < -0.4 is 14.8 Å². The first-order valence-corrected chi connectivity index (χ1v) is 14.2. The van der Waals surface area contributed by atoms with Crippen molar-refractivity contribution in [3.05, 3.63) is 47.2 Å². The number of piperidine rings is 1. The molecule has 0 spiro atoms. The Kier molecular flexibility index (Phi) is 8.09. The van der Waals surface area contributed by atoms with Crippen LogP contribution in [0.4, 0.5) is 11.5 Å². The van der Waals surface area contributed by atoms with Gasteiger partial charge in [-0.1, -0.05) is 22.0 Å². The summed E-state index contributed by atoms with van der Waals surface area (Å²) in [6, 6.07) is 11.7. The quantitative estimate of drug-likeness (QED) is 0.338. The molecule has 3 aromatic rings. The third kappa shape index (κ3) is 6.27. The SMILES string of the molecule is COc1cc2c(Nc3cccc(Br)c3)ncnc2cc1OCC1CCN(CP(C)(=O)OC)CC1. The minimum atomic E-state index is -2.53. The number of nitrogens with zero attached hydrogens (tertiary/aromatic N) is 3. The second kappa shape index (κ2) is 11.0. The van der Waals surface area contributed by atoms with E-state index in [1.807, 2.05) is 36.4 Å². The van der Waals surface area contributed by atoms with Crippen molar-refractivity contribution in [1.82, 2.24) is 14.9 Å². The average Bonchev–Trinajstić information content (AvgIpc) is 2.83. The standard InChI is InChI=1S/C24H30BrN4O4P/c1-31-22-12-20-21(26-15-27-24(20)28-19-6-4-5-18(25)11-19)13-23(22)33-14-17-7-9-29(10-8-17)16-34(3,30)32-2/h4-6,11-13,15,17H,7-10,14,16H2,1-3H3,(H,26,27,28). The molecule has 2 aromatic carbocycles. The molecular weight excluding hydrogens is 519 g/mol. The Morgan fingerprint density at radius 1 is 1.15 bits per heavy atom. The first kappa shape index (κ1) is 24.9. The number of hydrogen-bond acceptors (Lipinski definition) is 8. The Hall–Kier alpha value is -2.19. The van der Waals surface area contributed by atoms with Crippen molar-refractivity contribution in [2.75, 3.05) is 52.2 Å². The van der Waals surface area contributed by atoms with E-state index in [1.54, 1.807) is 20.1 Å². The molecule has 1 aromatic heterocycles. The van der Waals surface area contributed by atoms with Gasteiger partial charge in [0.25, 0.3) is 0 Å². The molecule has 1 atom stereocenters. The lowest BCUT2D eigenvalue weighted by atomic mass is 9.98. The van der Waals surface area contributed by atoms with E-state index in [1.165, 1.54) is 7.11 Å². The number of nitrogens with one attached hydrogen (secondary N) is 1. The van der Waals surface area contributed by atoms with Gasteiger partial charge >= 0.3 is 0 Å². The Labute approximate surface area is 208 Å². The molecule has 2 heterocycles. The minimum absolute atomic E-state index is 0.426. The van der Waals surface area contributed by atoms with Gasteiger partial charge in [-0.15, -0.1) is 0 Å². The van der Waals surface area contributed by atoms with Crippen molar-refractivity contribution in [2.24, 2.45) is 5.92 Å². The highest BCUT2D eigenvalue weighted by Gasteiger charge is 2.25. The van der Waals surface area contributed by atoms with Crippen LogP contribution in [0.2, 0.25) is 0 Å². The summed E-state index contributed by atoms with van der Waals surface area (Å²) >= 11 is 3.50. The first-order chi connectivity index (χ1) is 16.4. The fourth-order valence-electron chi connectivity index (χ4n) is 4.06. The molecule has 4 rings (SSSR count). The summed E-state index contributed by atoms with van der Waals surface area (Å²) in [4.78, 5) is 11.1. The number of ether oxygens (including phenoxy) is 2. The van der Waals surface area contributed by atoms with Crippen LogP contribution in [0.15, 0.2) is 47.2 Å². The topological polar surface area (TPSA) is 85.8 Å². The predicted molar refractivity (Wildman–Crippen MR) is 139 cm³/mol. The molecule has 0 saturated carbocycles. The van der Waals surface area contributed by atoms with Gasteiger partial charge in [0.2, 0.25) is 7.37 Å². The maximum Gasteiger partial charge on any atom is 0.213 e. The lowest BCUT2D eigenvalue weighted by molar-refractivity contribution is 0.149. The average molecular weight is 549 g/mol. The van der Waals surface area contributed by atoms with E-state index in [2.05, 4.69) is 36.1 Å². The van der Waals surface area contributed by atoms with Crippen LogP contribution in [0.3, 0.4) is 0 Å². The Bertz CT molecular complexity index is 1190. The van der Waals surface area contributed by atoms with Crippen LogP contribution in [0.5, 0.6) is 11.5 Å². The molecule has 0 radical (unpaired) electrons. The lowest BCUT2D eigenvalue weighted by Gasteiger charge is -2.32. The number of hydrogen-bond donors (Lipinski definition) is 1. The van der Waals surface area contributed by atoms with E-state index in [0.717, 1.165) is 47.0 Å². The maximum atomic E-state index is 12.2. The highest BCUT2D eigenvalue weighted by molar-refractivity contribution is 9.10. The van der Waals surface area contributed by atoms with Crippen molar-refractivity contribution in [3.63, 3.8) is 0 Å². The van der Waals surface area contributed by atoms with Crippen molar-refractivity contribution < 1.29 is 18.6 Å². The second-order valence-corrected chi connectivity index (χ2v) is 12.2. The molecule has 1 saturated heterocycles. The summed E-state index contributed by atoms with van der Waals surface area (Å²) in [7, 11) is 0.623. The Balaban J connectivity index is 1.44. The molecule has 34 heavy (non-hydrogen) atoms. The van der Waals surface area contributed by atoms with E-state index in [0.29, 0.717) is 36.1 Å². The van der Waals surface area contributed by atoms with Crippen molar-refractivity contribution in [3.8, 4) is 11.5 Å². The molecular formula is C24H30BrN4O4P. The van der Waals surface area contributed by atoms with E-state index >= 15 is 0 Å². The molecule has 182 valence electrons. The van der Waals surface area contributed by atoms with E-state index in [9.17, 15) is 4.57 Å². The zero-order chi connectivity index (χ0) is 24.1. The van der Waals surface area contributed by atoms with Gasteiger partial charge in [0.05, 0.1) is 25.5 Å². The third-order valence-electron chi connectivity index (χ3n) is 6.03. The third-order valence-corrected chi connectivity index (χ3v) is 8.21. The van der Waals surface area contributed by atoms with Gasteiger partial charge in [-0.2, -0.15) is 0 Å². The highest BCUT2D eigenvalue weighted by Crippen LogP contribution is 2.42. The van der Waals surface area contributed by atoms with Crippen molar-refractivity contribution in [1.29, 1.82) is 0 Å². The molecule has 1 aliphatic heterocycles. The summed E-state index contributed by atoms with van der Waals surface area (Å²) < 4.78 is 30.2. The number of rotatable bonds is 9. The van der Waals surface area contributed by atoms with Gasteiger partial charge in [0, 0.05) is 35.4 Å². The van der Waals surface area contributed by atoms with Crippen molar-refractivity contribution >= 4 is 45.7 Å². The normalized spacial score (nSPS) is 16.8. The van der Waals surface area contributed by atoms with Gasteiger partial charge in [0.15, 0.2) is 11.5 Å². The monoisotopic (exact) mass is 548 g/mol. The number of fused-ring (bicyclic) bond motifs is 1. The number of benzene rings is 2. The number of halogens is 1. The second-order valence-electron chi connectivity index (χ2n) is 8.59. The molecule has 0 aliphatic carbocycles. The van der Waals surface area contributed by atoms with Crippen LogP contribution >= 0.6 is 23.3 Å². The van der Waals surface area contributed by atoms with Gasteiger partial charge in [-0.25, -0.2) is 9.97 Å². The highest BCUT2D eigenvalue weighted by atomic mass is 79.9. The molecule has 8 nitrogen and oxygen atoms in total. The van der Waals surface area contributed by atoms with Gasteiger partial charge in [0.1, 0.15) is 12.1 Å². The summed E-state index contributed by atoms with van der Waals surface area (Å²) in [5.74, 6) is 2.44. The summed E-state index contributed by atoms with van der Waals surface area (Å²) in [5.41, 5.74) is 1.70. The fraction of sp³-hybridized carbons (Fsp3) is 0.417. The number of aromatic nitrogens is 2. The zero-order valence-electron chi connectivity index (χ0n) is 19.7. The molecule has 10 heteroatoms. The smallest absolute Gasteiger partial charge is 0.213 e. The number of likely N-dealkylation sites (tertiary alicyclic amines) is 1.